The first kappa shape index (κ1) is 16.1. The molecule has 0 saturated carbocycles. The van der Waals surface area contributed by atoms with Crippen molar-refractivity contribution in [3.8, 4) is 11.1 Å². The number of aliphatic carboxylic acids is 1. The Morgan fingerprint density at radius 3 is 2.36 bits per heavy atom. The number of hydrogen-bond acceptors (Lipinski definition) is 3. The van der Waals surface area contributed by atoms with E-state index in [0.717, 1.165) is 5.56 Å². The molecule has 0 amide bonds. The van der Waals surface area contributed by atoms with E-state index >= 15 is 0 Å². The molecule has 0 aliphatic heterocycles. The Morgan fingerprint density at radius 1 is 1.18 bits per heavy atom. The summed E-state index contributed by atoms with van der Waals surface area (Å²) in [5.41, 5.74) is 1.53. The van der Waals surface area contributed by atoms with Gasteiger partial charge < -0.3 is 5.11 Å². The molecule has 0 heterocycles. The molecule has 0 radical (unpaired) electrons. The number of benzene rings is 2. The summed E-state index contributed by atoms with van der Waals surface area (Å²) >= 11 is 5.81. The van der Waals surface area contributed by atoms with Gasteiger partial charge in [-0.15, -0.1) is 0 Å². The maximum Gasteiger partial charge on any atom is 0.303 e. The SMILES string of the molecule is O=NC(CCC(=O)O)c1ccc(-c2ccc(Cl)cc2)cc1F. The van der Waals surface area contributed by atoms with Crippen LogP contribution >= 0.6 is 11.6 Å². The van der Waals surface area contributed by atoms with Gasteiger partial charge in [-0.3, -0.25) is 4.79 Å². The molecule has 2 aromatic carbocycles. The molecule has 0 saturated heterocycles. The van der Waals surface area contributed by atoms with Gasteiger partial charge in [-0.1, -0.05) is 41.0 Å². The first-order valence-corrected chi connectivity index (χ1v) is 6.98. The third kappa shape index (κ3) is 3.89. The zero-order valence-electron chi connectivity index (χ0n) is 11.5. The summed E-state index contributed by atoms with van der Waals surface area (Å²) in [6.07, 6.45) is -0.273. The summed E-state index contributed by atoms with van der Waals surface area (Å²) in [6.45, 7) is 0. The number of rotatable bonds is 6. The van der Waals surface area contributed by atoms with Gasteiger partial charge in [-0.25, -0.2) is 4.39 Å². The Kier molecular flexibility index (Phi) is 5.22. The van der Waals surface area contributed by atoms with Crippen LogP contribution in [0.4, 0.5) is 4.39 Å². The lowest BCUT2D eigenvalue weighted by Crippen LogP contribution is -2.03. The van der Waals surface area contributed by atoms with Crippen molar-refractivity contribution in [1.82, 2.24) is 0 Å². The molecule has 114 valence electrons. The number of nitrogens with zero attached hydrogens (tertiary/aromatic N) is 1. The highest BCUT2D eigenvalue weighted by molar-refractivity contribution is 6.30. The Labute approximate surface area is 131 Å². The fourth-order valence-corrected chi connectivity index (χ4v) is 2.27. The Bertz CT molecular complexity index is 688. The molecule has 1 N–H and O–H groups in total. The van der Waals surface area contributed by atoms with Gasteiger partial charge in [-0.2, -0.15) is 4.91 Å². The summed E-state index contributed by atoms with van der Waals surface area (Å²) in [6, 6.07) is 10.4. The third-order valence-corrected chi connectivity index (χ3v) is 3.55. The molecule has 2 aromatic rings. The lowest BCUT2D eigenvalue weighted by molar-refractivity contribution is -0.137. The van der Waals surface area contributed by atoms with Gasteiger partial charge >= 0.3 is 5.97 Å². The standard InChI is InChI=1S/C16H13ClFNO3/c17-12-4-1-10(2-5-12)11-3-6-13(14(18)9-11)15(19-22)7-8-16(20)21/h1-6,9,15H,7-8H2,(H,20,21). The van der Waals surface area contributed by atoms with E-state index in [-0.39, 0.29) is 18.4 Å². The zero-order valence-corrected chi connectivity index (χ0v) is 12.3. The molecular formula is C16H13ClFNO3. The van der Waals surface area contributed by atoms with E-state index in [4.69, 9.17) is 16.7 Å². The minimum Gasteiger partial charge on any atom is -0.481 e. The second-order valence-electron chi connectivity index (χ2n) is 4.80. The first-order valence-electron chi connectivity index (χ1n) is 6.61. The normalized spacial score (nSPS) is 11.9. The largest absolute Gasteiger partial charge is 0.481 e. The van der Waals surface area contributed by atoms with Crippen LogP contribution in [0.5, 0.6) is 0 Å². The number of carboxylic acid groups (broad SMARTS) is 1. The van der Waals surface area contributed by atoms with E-state index in [1.54, 1.807) is 30.3 Å². The van der Waals surface area contributed by atoms with Gasteiger partial charge in [0.15, 0.2) is 0 Å². The summed E-state index contributed by atoms with van der Waals surface area (Å²) in [4.78, 5) is 21.4. The van der Waals surface area contributed by atoms with Crippen LogP contribution in [-0.2, 0) is 4.79 Å². The molecular weight excluding hydrogens is 309 g/mol. The molecule has 2 rings (SSSR count). The van der Waals surface area contributed by atoms with E-state index in [1.165, 1.54) is 12.1 Å². The third-order valence-electron chi connectivity index (χ3n) is 3.30. The summed E-state index contributed by atoms with van der Waals surface area (Å²) in [5.74, 6) is -1.63. The van der Waals surface area contributed by atoms with Gasteiger partial charge in [-0.05, 0) is 35.7 Å². The van der Waals surface area contributed by atoms with Crippen molar-refractivity contribution in [2.75, 3.05) is 0 Å². The second-order valence-corrected chi connectivity index (χ2v) is 5.23. The lowest BCUT2D eigenvalue weighted by atomic mass is 9.98. The first-order chi connectivity index (χ1) is 10.5. The van der Waals surface area contributed by atoms with Crippen molar-refractivity contribution in [2.24, 2.45) is 5.18 Å². The summed E-state index contributed by atoms with van der Waals surface area (Å²) < 4.78 is 14.2. The highest BCUT2D eigenvalue weighted by Crippen LogP contribution is 2.29. The van der Waals surface area contributed by atoms with Crippen LogP contribution in [0, 0.1) is 10.7 Å². The van der Waals surface area contributed by atoms with E-state index in [2.05, 4.69) is 5.18 Å². The predicted octanol–water partition coefficient (Wildman–Crippen LogP) is 4.82. The quantitative estimate of drug-likeness (QED) is 0.776. The van der Waals surface area contributed by atoms with E-state index in [9.17, 15) is 14.1 Å². The topological polar surface area (TPSA) is 66.7 Å². The van der Waals surface area contributed by atoms with Crippen LogP contribution in [0.3, 0.4) is 0 Å². The van der Waals surface area contributed by atoms with Crippen molar-refractivity contribution in [1.29, 1.82) is 0 Å². The van der Waals surface area contributed by atoms with Gasteiger partial charge in [0.05, 0.1) is 0 Å². The molecule has 1 unspecified atom stereocenters. The molecule has 0 fully saturated rings. The predicted molar refractivity (Wildman–Crippen MR) is 82.3 cm³/mol. The van der Waals surface area contributed by atoms with Crippen LogP contribution in [0.2, 0.25) is 5.02 Å². The fraction of sp³-hybridized carbons (Fsp3) is 0.188. The highest BCUT2D eigenvalue weighted by Gasteiger charge is 2.18. The van der Waals surface area contributed by atoms with Crippen LogP contribution in [-0.4, -0.2) is 11.1 Å². The van der Waals surface area contributed by atoms with Gasteiger partial charge in [0.1, 0.15) is 11.9 Å². The summed E-state index contributed by atoms with van der Waals surface area (Å²) in [5, 5.41) is 12.1. The molecule has 0 spiro atoms. The number of hydrogen-bond donors (Lipinski definition) is 1. The van der Waals surface area contributed by atoms with Crippen LogP contribution in [0.1, 0.15) is 24.4 Å². The number of carbonyl (C=O) groups is 1. The molecule has 0 bridgehead atoms. The average molecular weight is 322 g/mol. The van der Waals surface area contributed by atoms with Gasteiger partial charge in [0, 0.05) is 17.0 Å². The molecule has 0 aliphatic rings. The minimum atomic E-state index is -1.05. The van der Waals surface area contributed by atoms with E-state index < -0.39 is 17.8 Å². The van der Waals surface area contributed by atoms with Crippen molar-refractivity contribution in [2.45, 2.75) is 18.9 Å². The van der Waals surface area contributed by atoms with Crippen LogP contribution in [0.25, 0.3) is 11.1 Å². The fourth-order valence-electron chi connectivity index (χ4n) is 2.14. The van der Waals surface area contributed by atoms with Gasteiger partial charge in [0.2, 0.25) is 0 Å². The molecule has 0 aromatic heterocycles. The maximum absolute atomic E-state index is 14.2. The number of halogens is 2. The second kappa shape index (κ2) is 7.13. The molecule has 0 aliphatic carbocycles. The average Bonchev–Trinajstić information content (AvgIpc) is 2.49. The van der Waals surface area contributed by atoms with Crippen LogP contribution in [0.15, 0.2) is 47.6 Å². The lowest BCUT2D eigenvalue weighted by Gasteiger charge is -2.11. The molecule has 1 atom stereocenters. The van der Waals surface area contributed by atoms with E-state index in [0.29, 0.717) is 10.6 Å². The molecule has 22 heavy (non-hydrogen) atoms. The monoisotopic (exact) mass is 321 g/mol. The highest BCUT2D eigenvalue weighted by atomic mass is 35.5. The van der Waals surface area contributed by atoms with Gasteiger partial charge in [0.25, 0.3) is 0 Å². The van der Waals surface area contributed by atoms with Crippen molar-refractivity contribution < 1.29 is 14.3 Å². The smallest absolute Gasteiger partial charge is 0.303 e. The molecule has 6 heteroatoms. The Hall–Kier alpha value is -2.27. The molecule has 4 nitrogen and oxygen atoms in total. The maximum atomic E-state index is 14.2. The zero-order chi connectivity index (χ0) is 16.1. The van der Waals surface area contributed by atoms with Crippen molar-refractivity contribution in [3.63, 3.8) is 0 Å². The minimum absolute atomic E-state index is 0.0317. The summed E-state index contributed by atoms with van der Waals surface area (Å²) in [7, 11) is 0. The Morgan fingerprint density at radius 2 is 1.82 bits per heavy atom. The van der Waals surface area contributed by atoms with Crippen molar-refractivity contribution >= 4 is 17.6 Å². The van der Waals surface area contributed by atoms with E-state index in [1.807, 2.05) is 0 Å². The number of nitroso groups, excluding NO2 is 1. The van der Waals surface area contributed by atoms with Crippen LogP contribution < -0.4 is 0 Å². The Balaban J connectivity index is 2.26. The number of carboxylic acids is 1. The van der Waals surface area contributed by atoms with Crippen molar-refractivity contribution in [3.05, 3.63) is 63.8 Å².